The molecule has 2 aliphatic rings. The van der Waals surface area contributed by atoms with Crippen LogP contribution in [0.4, 0.5) is 0 Å². The minimum absolute atomic E-state index is 0.0509. The second-order valence-electron chi connectivity index (χ2n) is 2.29. The second kappa shape index (κ2) is 1.29. The van der Waals surface area contributed by atoms with E-state index in [1.165, 1.54) is 0 Å². The van der Waals surface area contributed by atoms with Gasteiger partial charge in [-0.25, -0.2) is 0 Å². The van der Waals surface area contributed by atoms with E-state index in [2.05, 4.69) is 5.32 Å². The van der Waals surface area contributed by atoms with Gasteiger partial charge in [-0.2, -0.15) is 0 Å². The van der Waals surface area contributed by atoms with Gasteiger partial charge in [0, 0.05) is 0 Å². The maximum atomic E-state index is 10.6. The molecule has 0 unspecified atom stereocenters. The molecule has 1 aliphatic carbocycles. The van der Waals surface area contributed by atoms with Crippen LogP contribution in [0.3, 0.4) is 0 Å². The molecule has 0 saturated carbocycles. The lowest BCUT2D eigenvalue weighted by molar-refractivity contribution is -0.135. The van der Waals surface area contributed by atoms with E-state index in [4.69, 9.17) is 4.74 Å². The maximum absolute atomic E-state index is 10.6. The van der Waals surface area contributed by atoms with Crippen LogP contribution in [0.25, 0.3) is 0 Å². The summed E-state index contributed by atoms with van der Waals surface area (Å²) < 4.78 is 4.89. The molecule has 1 heterocycles. The first kappa shape index (κ1) is 4.85. The van der Waals surface area contributed by atoms with Crippen molar-refractivity contribution in [2.75, 3.05) is 7.11 Å². The summed E-state index contributed by atoms with van der Waals surface area (Å²) in [6.45, 7) is 0. The van der Waals surface area contributed by atoms with E-state index in [9.17, 15) is 4.79 Å². The first-order valence-corrected chi connectivity index (χ1v) is 2.89. The third-order valence-electron chi connectivity index (χ3n) is 1.84. The van der Waals surface area contributed by atoms with Gasteiger partial charge in [-0.1, -0.05) is 0 Å². The van der Waals surface area contributed by atoms with Crippen molar-refractivity contribution in [1.82, 2.24) is 5.32 Å². The van der Waals surface area contributed by atoms with Crippen molar-refractivity contribution in [3.05, 3.63) is 11.8 Å². The summed E-state index contributed by atoms with van der Waals surface area (Å²) in [5, 5.41) is 2.71. The Kier molecular flexibility index (Phi) is 0.695. The van der Waals surface area contributed by atoms with Gasteiger partial charge in [-0.05, 0) is 6.08 Å². The summed E-state index contributed by atoms with van der Waals surface area (Å²) in [6, 6.07) is 0.285. The number of carbonyl (C=O) groups excluding carboxylic acids is 1. The van der Waals surface area contributed by atoms with E-state index in [1.807, 2.05) is 6.08 Å². The predicted octanol–water partition coefficient (Wildman–Crippen LogP) is -0.355. The van der Waals surface area contributed by atoms with Gasteiger partial charge in [0.1, 0.15) is 11.7 Å². The van der Waals surface area contributed by atoms with Crippen molar-refractivity contribution < 1.29 is 9.53 Å². The van der Waals surface area contributed by atoms with Gasteiger partial charge in [0.15, 0.2) is 0 Å². The fraction of sp³-hybridized carbons (Fsp3) is 0.500. The molecule has 2 rings (SSSR count). The smallest absolute Gasteiger partial charge is 0.233 e. The standard InChI is InChI=1S/C6H7NO2/c1-9-4-2-3-5(4)6(8)7-3/h2-3,5H,1H3,(H,7,8)/t3-,5-/m0/s1. The van der Waals surface area contributed by atoms with E-state index in [1.54, 1.807) is 7.11 Å². The molecule has 48 valence electrons. The van der Waals surface area contributed by atoms with Gasteiger partial charge in [0.25, 0.3) is 0 Å². The number of hydrogen-bond acceptors (Lipinski definition) is 2. The van der Waals surface area contributed by atoms with Gasteiger partial charge in [0.05, 0.1) is 13.2 Å². The highest BCUT2D eigenvalue weighted by atomic mass is 16.5. The molecule has 0 aromatic heterocycles. The Hall–Kier alpha value is -0.990. The van der Waals surface area contributed by atoms with E-state index in [0.717, 1.165) is 5.76 Å². The van der Waals surface area contributed by atoms with Gasteiger partial charge in [0.2, 0.25) is 5.91 Å². The second-order valence-corrected chi connectivity index (χ2v) is 2.29. The Morgan fingerprint density at radius 1 is 1.78 bits per heavy atom. The molecule has 1 aliphatic heterocycles. The molecular formula is C6H7NO2. The van der Waals surface area contributed by atoms with Crippen LogP contribution in [0.5, 0.6) is 0 Å². The van der Waals surface area contributed by atoms with Crippen LogP contribution in [0.2, 0.25) is 0 Å². The Labute approximate surface area is 52.7 Å². The molecule has 1 amide bonds. The van der Waals surface area contributed by atoms with Gasteiger partial charge < -0.3 is 10.1 Å². The average molecular weight is 125 g/mol. The third-order valence-corrected chi connectivity index (χ3v) is 1.84. The number of nitrogens with one attached hydrogen (secondary N) is 1. The van der Waals surface area contributed by atoms with E-state index < -0.39 is 0 Å². The lowest BCUT2D eigenvalue weighted by atomic mass is 9.79. The molecule has 1 N–H and O–H groups in total. The van der Waals surface area contributed by atoms with Gasteiger partial charge in [-0.3, -0.25) is 4.79 Å². The number of rotatable bonds is 1. The summed E-state index contributed by atoms with van der Waals surface area (Å²) >= 11 is 0. The lowest BCUT2D eigenvalue weighted by Gasteiger charge is -2.42. The molecule has 0 aromatic rings. The SMILES string of the molecule is COC1=C[C@@H]2NC(=O)[C@H]12. The highest BCUT2D eigenvalue weighted by Gasteiger charge is 2.48. The number of β-lactam (4-membered cyclic amide) rings is 1. The number of amides is 1. The summed E-state index contributed by atoms with van der Waals surface area (Å²) in [5.41, 5.74) is 0. The average Bonchev–Trinajstić information content (AvgIpc) is 1.80. The van der Waals surface area contributed by atoms with E-state index >= 15 is 0 Å². The molecule has 3 nitrogen and oxygen atoms in total. The van der Waals surface area contributed by atoms with Gasteiger partial charge in [-0.15, -0.1) is 0 Å². The van der Waals surface area contributed by atoms with Crippen molar-refractivity contribution in [3.63, 3.8) is 0 Å². The number of fused-ring (bicyclic) bond motifs is 1. The summed E-state index contributed by atoms with van der Waals surface area (Å²) in [4.78, 5) is 10.6. The van der Waals surface area contributed by atoms with Gasteiger partial charge >= 0.3 is 0 Å². The quantitative estimate of drug-likeness (QED) is 0.486. The van der Waals surface area contributed by atoms with Crippen LogP contribution in [-0.2, 0) is 9.53 Å². The minimum Gasteiger partial charge on any atom is -0.500 e. The highest BCUT2D eigenvalue weighted by Crippen LogP contribution is 2.34. The fourth-order valence-electron chi connectivity index (χ4n) is 1.21. The summed E-state index contributed by atoms with van der Waals surface area (Å²) in [6.07, 6.45) is 1.92. The maximum Gasteiger partial charge on any atom is 0.233 e. The van der Waals surface area contributed by atoms with Crippen molar-refractivity contribution in [3.8, 4) is 0 Å². The topological polar surface area (TPSA) is 38.3 Å². The molecule has 0 radical (unpaired) electrons. The van der Waals surface area contributed by atoms with Crippen LogP contribution in [0.15, 0.2) is 11.8 Å². The Balaban J connectivity index is 2.16. The molecular weight excluding hydrogens is 118 g/mol. The van der Waals surface area contributed by atoms with Crippen molar-refractivity contribution >= 4 is 5.91 Å². The van der Waals surface area contributed by atoms with Crippen LogP contribution >= 0.6 is 0 Å². The zero-order valence-corrected chi connectivity index (χ0v) is 5.05. The molecule has 1 fully saturated rings. The number of methoxy groups -OCH3 is 1. The first-order chi connectivity index (χ1) is 4.33. The monoisotopic (exact) mass is 125 g/mol. The van der Waals surface area contributed by atoms with E-state index in [0.29, 0.717) is 0 Å². The first-order valence-electron chi connectivity index (χ1n) is 2.89. The highest BCUT2D eigenvalue weighted by molar-refractivity contribution is 5.91. The van der Waals surface area contributed by atoms with Crippen molar-refractivity contribution in [2.45, 2.75) is 6.04 Å². The molecule has 9 heavy (non-hydrogen) atoms. The predicted molar refractivity (Wildman–Crippen MR) is 30.5 cm³/mol. The Bertz CT molecular complexity index is 197. The molecule has 0 bridgehead atoms. The van der Waals surface area contributed by atoms with Crippen molar-refractivity contribution in [2.24, 2.45) is 5.92 Å². The summed E-state index contributed by atoms with van der Waals surface area (Å²) in [7, 11) is 1.59. The molecule has 1 saturated heterocycles. The summed E-state index contributed by atoms with van der Waals surface area (Å²) in [5.74, 6) is 0.970. The largest absolute Gasteiger partial charge is 0.500 e. The Morgan fingerprint density at radius 3 is 2.89 bits per heavy atom. The molecule has 0 spiro atoms. The lowest BCUT2D eigenvalue weighted by Crippen LogP contribution is -2.63. The molecule has 3 heteroatoms. The fourth-order valence-corrected chi connectivity index (χ4v) is 1.21. The number of carbonyl (C=O) groups is 1. The zero-order chi connectivity index (χ0) is 6.43. The third kappa shape index (κ3) is 0.399. The van der Waals surface area contributed by atoms with Crippen LogP contribution in [-0.4, -0.2) is 19.1 Å². The van der Waals surface area contributed by atoms with Crippen LogP contribution in [0.1, 0.15) is 0 Å². The minimum atomic E-state index is 0.0509. The Morgan fingerprint density at radius 2 is 2.56 bits per heavy atom. The van der Waals surface area contributed by atoms with E-state index in [-0.39, 0.29) is 17.9 Å². The number of ether oxygens (including phenoxy) is 1. The zero-order valence-electron chi connectivity index (χ0n) is 5.05. The van der Waals surface area contributed by atoms with Crippen LogP contribution < -0.4 is 5.32 Å². The molecule has 2 atom stereocenters. The normalized spacial score (nSPS) is 37.0. The van der Waals surface area contributed by atoms with Crippen molar-refractivity contribution in [1.29, 1.82) is 0 Å². The van der Waals surface area contributed by atoms with Crippen LogP contribution in [0, 0.1) is 5.92 Å². The molecule has 0 aromatic carbocycles. The number of hydrogen-bond donors (Lipinski definition) is 1.